The van der Waals surface area contributed by atoms with Crippen LogP contribution in [0.4, 0.5) is 17.6 Å². The predicted molar refractivity (Wildman–Crippen MR) is 110 cm³/mol. The molecule has 11 heteroatoms. The molecule has 1 aromatic heterocycles. The number of carboxylic acids is 1. The molecule has 1 aliphatic rings. The van der Waals surface area contributed by atoms with Crippen LogP contribution < -0.4 is 0 Å². The lowest BCUT2D eigenvalue weighted by Gasteiger charge is -2.34. The summed E-state index contributed by atoms with van der Waals surface area (Å²) < 4.78 is 56.2. The van der Waals surface area contributed by atoms with Crippen molar-refractivity contribution in [1.82, 2.24) is 9.78 Å². The molecule has 1 aliphatic carbocycles. The number of fused-ring (bicyclic) bond motifs is 1. The van der Waals surface area contributed by atoms with Crippen molar-refractivity contribution in [2.24, 2.45) is 0 Å². The number of carbonyl (C=O) groups excluding carboxylic acids is 1. The third-order valence-electron chi connectivity index (χ3n) is 5.72. The minimum atomic E-state index is -4.93. The van der Waals surface area contributed by atoms with Gasteiger partial charge in [-0.2, -0.15) is 23.0 Å². The van der Waals surface area contributed by atoms with Gasteiger partial charge in [-0.15, -0.1) is 0 Å². The third-order valence-corrected chi connectivity index (χ3v) is 6.04. The third kappa shape index (κ3) is 3.50. The highest BCUT2D eigenvalue weighted by Crippen LogP contribution is 2.42. The molecule has 0 aliphatic heterocycles. The number of aromatic nitrogens is 2. The number of aliphatic carboxylic acids is 1. The van der Waals surface area contributed by atoms with E-state index in [1.165, 1.54) is 18.2 Å². The number of alkyl halides is 3. The number of nitrogens with zero attached hydrogens (tertiary/aromatic N) is 2. The number of hydrogen-bond acceptors (Lipinski definition) is 4. The Kier molecular flexibility index (Phi) is 5.53. The molecular formula is C22H15ClF4N2O4. The van der Waals surface area contributed by atoms with Crippen molar-refractivity contribution in [2.45, 2.75) is 30.5 Å². The Bertz CT molecular complexity index is 1320. The van der Waals surface area contributed by atoms with E-state index in [1.807, 2.05) is 0 Å². The Morgan fingerprint density at radius 1 is 1.15 bits per heavy atom. The molecule has 0 bridgehead atoms. The van der Waals surface area contributed by atoms with Crippen molar-refractivity contribution >= 4 is 34.4 Å². The monoisotopic (exact) mass is 482 g/mol. The molecule has 2 N–H and O–H groups in total. The summed E-state index contributed by atoms with van der Waals surface area (Å²) in [4.78, 5) is 25.6. The second kappa shape index (κ2) is 7.96. The second-order valence-electron chi connectivity index (χ2n) is 7.56. The number of allylic oxidation sites excluding steroid dienone is 1. The van der Waals surface area contributed by atoms with Gasteiger partial charge in [0, 0.05) is 0 Å². The van der Waals surface area contributed by atoms with Gasteiger partial charge in [0.25, 0.3) is 5.91 Å². The van der Waals surface area contributed by atoms with E-state index in [2.05, 4.69) is 5.10 Å². The summed E-state index contributed by atoms with van der Waals surface area (Å²) in [6, 6.07) is 6.20. The number of rotatable bonds is 3. The molecule has 0 saturated carbocycles. The first kappa shape index (κ1) is 22.9. The topological polar surface area (TPSA) is 92.4 Å². The maximum Gasteiger partial charge on any atom is 0.417 e. The van der Waals surface area contributed by atoms with Gasteiger partial charge in [0.2, 0.25) is 0 Å². The van der Waals surface area contributed by atoms with Crippen LogP contribution in [0.1, 0.15) is 34.5 Å². The van der Waals surface area contributed by atoms with Crippen LogP contribution >= 0.6 is 11.6 Å². The lowest BCUT2D eigenvalue weighted by atomic mass is 9.71. The van der Waals surface area contributed by atoms with E-state index in [4.69, 9.17) is 11.6 Å². The van der Waals surface area contributed by atoms with Gasteiger partial charge in [0.15, 0.2) is 0 Å². The summed E-state index contributed by atoms with van der Waals surface area (Å²) in [7, 11) is 0. The van der Waals surface area contributed by atoms with Crippen molar-refractivity contribution in [3.63, 3.8) is 0 Å². The average Bonchev–Trinajstić information content (AvgIpc) is 3.14. The molecule has 0 radical (unpaired) electrons. The summed E-state index contributed by atoms with van der Waals surface area (Å²) in [5.41, 5.74) is -5.08. The van der Waals surface area contributed by atoms with Crippen LogP contribution in [0.25, 0.3) is 10.9 Å². The van der Waals surface area contributed by atoms with Crippen molar-refractivity contribution in [2.75, 3.05) is 0 Å². The van der Waals surface area contributed by atoms with Crippen molar-refractivity contribution in [3.05, 3.63) is 76.2 Å². The zero-order valence-electron chi connectivity index (χ0n) is 16.6. The first-order valence-electron chi connectivity index (χ1n) is 9.64. The van der Waals surface area contributed by atoms with Gasteiger partial charge >= 0.3 is 12.1 Å². The average molecular weight is 483 g/mol. The van der Waals surface area contributed by atoms with Crippen LogP contribution in [0.3, 0.4) is 0 Å². The molecule has 172 valence electrons. The molecule has 0 spiro atoms. The largest absolute Gasteiger partial charge is 0.480 e. The summed E-state index contributed by atoms with van der Waals surface area (Å²) in [5.74, 6) is -3.79. The summed E-state index contributed by atoms with van der Waals surface area (Å²) in [6.45, 7) is 0. The van der Waals surface area contributed by atoms with Crippen molar-refractivity contribution < 1.29 is 37.4 Å². The molecule has 6 nitrogen and oxygen atoms in total. The zero-order valence-corrected chi connectivity index (χ0v) is 17.4. The molecule has 2 atom stereocenters. The highest BCUT2D eigenvalue weighted by atomic mass is 35.5. The van der Waals surface area contributed by atoms with Crippen LogP contribution in [0.15, 0.2) is 48.6 Å². The predicted octanol–water partition coefficient (Wildman–Crippen LogP) is 4.57. The Hall–Kier alpha value is -3.24. The first-order chi connectivity index (χ1) is 15.5. The quantitative estimate of drug-likeness (QED) is 0.421. The van der Waals surface area contributed by atoms with E-state index in [0.717, 1.165) is 18.2 Å². The number of benzene rings is 2. The molecule has 2 aromatic carbocycles. The van der Waals surface area contributed by atoms with E-state index >= 15 is 0 Å². The lowest BCUT2D eigenvalue weighted by molar-refractivity contribution is -0.149. The molecule has 2 unspecified atom stereocenters. The van der Waals surface area contributed by atoms with Crippen LogP contribution in [-0.2, 0) is 16.4 Å². The van der Waals surface area contributed by atoms with E-state index in [-0.39, 0.29) is 23.7 Å². The van der Waals surface area contributed by atoms with Gasteiger partial charge in [0.05, 0.1) is 38.9 Å². The zero-order chi connectivity index (χ0) is 24.1. The molecule has 0 saturated heterocycles. The van der Waals surface area contributed by atoms with E-state index in [0.29, 0.717) is 10.7 Å². The van der Waals surface area contributed by atoms with Crippen LogP contribution in [0.2, 0.25) is 5.02 Å². The highest BCUT2D eigenvalue weighted by molar-refractivity contribution is 6.34. The van der Waals surface area contributed by atoms with E-state index in [1.54, 1.807) is 6.08 Å². The molecule has 4 rings (SSSR count). The smallest absolute Gasteiger partial charge is 0.417 e. The number of carbonyl (C=O) groups is 2. The summed E-state index contributed by atoms with van der Waals surface area (Å²) >= 11 is 5.94. The van der Waals surface area contributed by atoms with Gasteiger partial charge in [-0.3, -0.25) is 9.59 Å². The number of carboxylic acid groups (broad SMARTS) is 1. The maximum absolute atomic E-state index is 14.9. The van der Waals surface area contributed by atoms with Crippen LogP contribution in [0, 0.1) is 5.82 Å². The molecule has 1 heterocycles. The Balaban J connectivity index is 2.04. The Morgan fingerprint density at radius 2 is 1.85 bits per heavy atom. The number of aliphatic hydroxyl groups is 1. The fourth-order valence-corrected chi connectivity index (χ4v) is 4.35. The SMILES string of the molecule is O=C(c1c(Cl)cccc1C(F)(F)F)n1nc(C2(C(=O)O)CC=CCC2O)c2c(F)cccc21. The minimum Gasteiger partial charge on any atom is -0.480 e. The normalized spacial score (nSPS) is 20.8. The maximum atomic E-state index is 14.9. The minimum absolute atomic E-state index is 0.0776. The first-order valence-corrected chi connectivity index (χ1v) is 10.0. The summed E-state index contributed by atoms with van der Waals surface area (Å²) in [6.07, 6.45) is -3.77. The van der Waals surface area contributed by atoms with Gasteiger partial charge in [-0.1, -0.05) is 35.9 Å². The molecule has 0 fully saturated rings. The van der Waals surface area contributed by atoms with Crippen LogP contribution in [0.5, 0.6) is 0 Å². The molecule has 0 amide bonds. The van der Waals surface area contributed by atoms with Gasteiger partial charge in [-0.05, 0) is 37.1 Å². The molecule has 33 heavy (non-hydrogen) atoms. The Morgan fingerprint density at radius 3 is 2.48 bits per heavy atom. The van der Waals surface area contributed by atoms with Gasteiger partial charge in [-0.25, -0.2) is 4.39 Å². The fourth-order valence-electron chi connectivity index (χ4n) is 4.10. The molecule has 3 aromatic rings. The highest BCUT2D eigenvalue weighted by Gasteiger charge is 2.51. The van der Waals surface area contributed by atoms with Crippen molar-refractivity contribution in [1.29, 1.82) is 0 Å². The Labute approximate surface area is 188 Å². The second-order valence-corrected chi connectivity index (χ2v) is 7.97. The number of aliphatic hydroxyl groups excluding tert-OH is 1. The van der Waals surface area contributed by atoms with Crippen LogP contribution in [-0.4, -0.2) is 38.0 Å². The fraction of sp³-hybridized carbons (Fsp3) is 0.227. The number of hydrogen-bond donors (Lipinski definition) is 2. The lowest BCUT2D eigenvalue weighted by Crippen LogP contribution is -2.48. The van der Waals surface area contributed by atoms with Gasteiger partial charge < -0.3 is 10.2 Å². The summed E-state index contributed by atoms with van der Waals surface area (Å²) in [5, 5.41) is 23.7. The van der Waals surface area contributed by atoms with Gasteiger partial charge in [0.1, 0.15) is 11.2 Å². The van der Waals surface area contributed by atoms with Crippen molar-refractivity contribution in [3.8, 4) is 0 Å². The van der Waals surface area contributed by atoms with E-state index < -0.39 is 57.2 Å². The standard InChI is InChI=1S/C22H15ClF4N2O4/c23-12-6-3-5-11(22(25,26)27)16(12)19(31)29-14-8-4-7-13(24)17(14)18(28-29)21(20(32)33)10-2-1-9-15(21)30/h1-8,15,30H,9-10H2,(H,32,33). The number of halogens is 5. The van der Waals surface area contributed by atoms with E-state index in [9.17, 15) is 37.4 Å². The molecular weight excluding hydrogens is 468 g/mol.